The van der Waals surface area contributed by atoms with Gasteiger partial charge in [0.1, 0.15) is 0 Å². The molecule has 0 saturated heterocycles. The first-order valence-electron chi connectivity index (χ1n) is 5.68. The van der Waals surface area contributed by atoms with Crippen molar-refractivity contribution in [1.29, 1.82) is 0 Å². The highest BCUT2D eigenvalue weighted by molar-refractivity contribution is 5.14. The third kappa shape index (κ3) is 1.03. The maximum absolute atomic E-state index is 5.81. The van der Waals surface area contributed by atoms with Crippen LogP contribution in [-0.2, 0) is 4.74 Å². The van der Waals surface area contributed by atoms with E-state index in [0.717, 1.165) is 30.3 Å². The molecular formula is C12H18O. The molecule has 0 aromatic heterocycles. The van der Waals surface area contributed by atoms with Crippen LogP contribution in [0.2, 0.25) is 0 Å². The Morgan fingerprint density at radius 1 is 1.31 bits per heavy atom. The summed E-state index contributed by atoms with van der Waals surface area (Å²) < 4.78 is 5.81. The third-order valence-corrected chi connectivity index (χ3v) is 4.33. The fourth-order valence-corrected chi connectivity index (χ4v) is 3.89. The van der Waals surface area contributed by atoms with E-state index in [0.29, 0.717) is 6.10 Å². The fraction of sp³-hybridized carbons (Fsp3) is 0.833. The molecule has 2 saturated carbocycles. The van der Waals surface area contributed by atoms with Gasteiger partial charge in [0, 0.05) is 6.61 Å². The van der Waals surface area contributed by atoms with Crippen LogP contribution < -0.4 is 0 Å². The summed E-state index contributed by atoms with van der Waals surface area (Å²) in [5, 5.41) is 0. The van der Waals surface area contributed by atoms with E-state index in [1.807, 2.05) is 0 Å². The van der Waals surface area contributed by atoms with Gasteiger partial charge in [-0.2, -0.15) is 0 Å². The van der Waals surface area contributed by atoms with Crippen molar-refractivity contribution in [2.45, 2.75) is 32.3 Å². The van der Waals surface area contributed by atoms with Gasteiger partial charge in [-0.1, -0.05) is 12.2 Å². The van der Waals surface area contributed by atoms with Gasteiger partial charge < -0.3 is 4.74 Å². The lowest BCUT2D eigenvalue weighted by atomic mass is 9.80. The minimum absolute atomic E-state index is 0.596. The summed E-state index contributed by atoms with van der Waals surface area (Å²) in [7, 11) is 0. The van der Waals surface area contributed by atoms with Crippen LogP contribution in [0.1, 0.15) is 26.2 Å². The molecule has 0 aromatic rings. The lowest BCUT2D eigenvalue weighted by Gasteiger charge is -2.30. The zero-order valence-corrected chi connectivity index (χ0v) is 8.28. The van der Waals surface area contributed by atoms with Crippen molar-refractivity contribution in [3.63, 3.8) is 0 Å². The van der Waals surface area contributed by atoms with E-state index in [4.69, 9.17) is 4.74 Å². The Kier molecular flexibility index (Phi) is 1.76. The van der Waals surface area contributed by atoms with Crippen LogP contribution in [-0.4, -0.2) is 12.7 Å². The summed E-state index contributed by atoms with van der Waals surface area (Å²) in [4.78, 5) is 0. The quantitative estimate of drug-likeness (QED) is 0.591. The Hall–Kier alpha value is -0.300. The van der Waals surface area contributed by atoms with Crippen LogP contribution in [0.15, 0.2) is 12.2 Å². The highest BCUT2D eigenvalue weighted by atomic mass is 16.5. The molecule has 1 nitrogen and oxygen atoms in total. The Morgan fingerprint density at radius 3 is 3.08 bits per heavy atom. The zero-order valence-electron chi connectivity index (χ0n) is 8.28. The summed E-state index contributed by atoms with van der Waals surface area (Å²) in [5.74, 6) is 3.74. The maximum Gasteiger partial charge on any atom is 0.0611 e. The molecule has 5 atom stereocenters. The molecule has 0 aromatic carbocycles. The molecule has 1 heteroatoms. The number of hydrogen-bond donors (Lipinski definition) is 0. The Morgan fingerprint density at radius 2 is 2.23 bits per heavy atom. The van der Waals surface area contributed by atoms with E-state index < -0.39 is 0 Å². The van der Waals surface area contributed by atoms with Gasteiger partial charge >= 0.3 is 0 Å². The van der Waals surface area contributed by atoms with Gasteiger partial charge in [-0.05, 0) is 49.9 Å². The van der Waals surface area contributed by atoms with Gasteiger partial charge in [0.15, 0.2) is 0 Å². The topological polar surface area (TPSA) is 9.23 Å². The average Bonchev–Trinajstić information content (AvgIpc) is 2.72. The van der Waals surface area contributed by atoms with Crippen molar-refractivity contribution in [3.8, 4) is 0 Å². The van der Waals surface area contributed by atoms with Crippen molar-refractivity contribution >= 4 is 0 Å². The van der Waals surface area contributed by atoms with E-state index >= 15 is 0 Å². The number of rotatable bonds is 2. The molecule has 2 bridgehead atoms. The van der Waals surface area contributed by atoms with Gasteiger partial charge in [0.05, 0.1) is 6.10 Å². The lowest BCUT2D eigenvalue weighted by molar-refractivity contribution is 0.00243. The summed E-state index contributed by atoms with van der Waals surface area (Å²) in [6, 6.07) is 0. The molecule has 3 rings (SSSR count). The van der Waals surface area contributed by atoms with Crippen LogP contribution in [0.4, 0.5) is 0 Å². The molecule has 0 aliphatic heterocycles. The minimum Gasteiger partial charge on any atom is -0.378 e. The Balaban J connectivity index is 1.77. The van der Waals surface area contributed by atoms with Crippen molar-refractivity contribution in [2.24, 2.45) is 23.7 Å². The van der Waals surface area contributed by atoms with E-state index in [1.165, 1.54) is 19.3 Å². The van der Waals surface area contributed by atoms with Crippen molar-refractivity contribution in [2.75, 3.05) is 6.61 Å². The van der Waals surface area contributed by atoms with E-state index in [2.05, 4.69) is 19.1 Å². The predicted octanol–water partition coefficient (Wildman–Crippen LogP) is 2.62. The monoisotopic (exact) mass is 178 g/mol. The van der Waals surface area contributed by atoms with Gasteiger partial charge in [-0.25, -0.2) is 0 Å². The smallest absolute Gasteiger partial charge is 0.0611 e. The summed E-state index contributed by atoms with van der Waals surface area (Å²) in [6.07, 6.45) is 9.60. The Bertz CT molecular complexity index is 233. The number of ether oxygens (including phenoxy) is 1. The van der Waals surface area contributed by atoms with Crippen LogP contribution in [0.25, 0.3) is 0 Å². The van der Waals surface area contributed by atoms with Crippen molar-refractivity contribution in [1.82, 2.24) is 0 Å². The molecule has 2 fully saturated rings. The Labute approximate surface area is 80.2 Å². The fourth-order valence-electron chi connectivity index (χ4n) is 3.89. The van der Waals surface area contributed by atoms with E-state index in [9.17, 15) is 0 Å². The van der Waals surface area contributed by atoms with Crippen LogP contribution in [0.3, 0.4) is 0 Å². The molecule has 72 valence electrons. The second-order valence-corrected chi connectivity index (χ2v) is 4.79. The molecule has 3 aliphatic rings. The summed E-state index contributed by atoms with van der Waals surface area (Å²) in [5.41, 5.74) is 0. The number of allylic oxidation sites excluding steroid dienone is 2. The molecule has 0 spiro atoms. The second kappa shape index (κ2) is 2.84. The van der Waals surface area contributed by atoms with Crippen LogP contribution >= 0.6 is 0 Å². The normalized spacial score (nSPS) is 51.6. The number of fused-ring (bicyclic) bond motifs is 5. The van der Waals surface area contributed by atoms with Gasteiger partial charge in [-0.15, -0.1) is 0 Å². The highest BCUT2D eigenvalue weighted by Crippen LogP contribution is 2.57. The summed E-state index contributed by atoms with van der Waals surface area (Å²) in [6.45, 7) is 3.02. The molecule has 13 heavy (non-hydrogen) atoms. The molecule has 0 N–H and O–H groups in total. The predicted molar refractivity (Wildman–Crippen MR) is 52.4 cm³/mol. The average molecular weight is 178 g/mol. The second-order valence-electron chi connectivity index (χ2n) is 4.79. The molecular weight excluding hydrogens is 160 g/mol. The minimum atomic E-state index is 0.596. The van der Waals surface area contributed by atoms with Gasteiger partial charge in [0.2, 0.25) is 0 Å². The first-order chi connectivity index (χ1) is 6.40. The maximum atomic E-state index is 5.81. The zero-order chi connectivity index (χ0) is 8.84. The van der Waals surface area contributed by atoms with Crippen LogP contribution in [0, 0.1) is 23.7 Å². The standard InChI is InChI=1S/C12H18O/c1-2-13-12-7-8-6-11(12)10-5-3-4-9(8)10/h3,5,8-12H,2,4,6-7H2,1H3/t8-,9-,10-,11-,12+/m1/s1. The molecule has 0 radical (unpaired) electrons. The van der Waals surface area contributed by atoms with E-state index in [-0.39, 0.29) is 0 Å². The largest absolute Gasteiger partial charge is 0.378 e. The first-order valence-corrected chi connectivity index (χ1v) is 5.68. The highest BCUT2D eigenvalue weighted by Gasteiger charge is 2.52. The van der Waals surface area contributed by atoms with Gasteiger partial charge in [0.25, 0.3) is 0 Å². The SMILES string of the molecule is CCO[C@H]1C[C@H]2C[C@@H]1[C@@H]1C=CC[C@H]21. The van der Waals surface area contributed by atoms with Crippen molar-refractivity contribution < 1.29 is 4.74 Å². The van der Waals surface area contributed by atoms with Crippen LogP contribution in [0.5, 0.6) is 0 Å². The summed E-state index contributed by atoms with van der Waals surface area (Å²) >= 11 is 0. The molecule has 3 aliphatic carbocycles. The molecule has 0 amide bonds. The third-order valence-electron chi connectivity index (χ3n) is 4.33. The molecule has 0 unspecified atom stereocenters. The molecule has 0 heterocycles. The van der Waals surface area contributed by atoms with Gasteiger partial charge in [-0.3, -0.25) is 0 Å². The van der Waals surface area contributed by atoms with Crippen molar-refractivity contribution in [3.05, 3.63) is 12.2 Å². The lowest BCUT2D eigenvalue weighted by Crippen LogP contribution is -2.30. The van der Waals surface area contributed by atoms with E-state index in [1.54, 1.807) is 0 Å². The number of hydrogen-bond acceptors (Lipinski definition) is 1. The first kappa shape index (κ1) is 8.05.